The van der Waals surface area contributed by atoms with Crippen molar-refractivity contribution in [3.63, 3.8) is 0 Å². The third-order valence-corrected chi connectivity index (χ3v) is 3.45. The zero-order valence-corrected chi connectivity index (χ0v) is 7.44. The monoisotopic (exact) mass is 172 g/mol. The second-order valence-electron chi connectivity index (χ2n) is 4.13. The third-order valence-electron chi connectivity index (χ3n) is 3.45. The molecule has 3 rings (SSSR count). The van der Waals surface area contributed by atoms with Crippen molar-refractivity contribution in [3.8, 4) is 0 Å². The highest BCUT2D eigenvalue weighted by molar-refractivity contribution is 5.88. The normalized spacial score (nSPS) is 36.0. The van der Waals surface area contributed by atoms with Crippen LogP contribution in [0.25, 0.3) is 0 Å². The highest BCUT2D eigenvalue weighted by Crippen LogP contribution is 2.61. The second-order valence-corrected chi connectivity index (χ2v) is 4.13. The Morgan fingerprint density at radius 1 is 1.08 bits per heavy atom. The van der Waals surface area contributed by atoms with Crippen LogP contribution in [0.1, 0.15) is 24.3 Å². The molecule has 0 saturated heterocycles. The molecule has 13 heavy (non-hydrogen) atoms. The van der Waals surface area contributed by atoms with Gasteiger partial charge in [0.25, 0.3) is 0 Å². The Morgan fingerprint density at radius 2 is 1.85 bits per heavy atom. The highest BCUT2D eigenvalue weighted by Gasteiger charge is 2.58. The Labute approximate surface area is 77.8 Å². The molecule has 0 bridgehead atoms. The van der Waals surface area contributed by atoms with Gasteiger partial charge >= 0.3 is 0 Å². The van der Waals surface area contributed by atoms with Gasteiger partial charge in [0.1, 0.15) is 5.78 Å². The van der Waals surface area contributed by atoms with Crippen molar-refractivity contribution in [2.24, 2.45) is 11.8 Å². The van der Waals surface area contributed by atoms with E-state index in [1.54, 1.807) is 0 Å². The van der Waals surface area contributed by atoms with Gasteiger partial charge in [-0.25, -0.2) is 0 Å². The first-order valence-corrected chi connectivity index (χ1v) is 4.95. The van der Waals surface area contributed by atoms with E-state index < -0.39 is 0 Å². The molecular formula is C12H12O. The Kier molecular flexibility index (Phi) is 1.37. The number of benzene rings is 1. The largest absolute Gasteiger partial charge is 0.299 e. The lowest BCUT2D eigenvalue weighted by Gasteiger charge is -2.01. The van der Waals surface area contributed by atoms with Crippen molar-refractivity contribution >= 4 is 5.78 Å². The van der Waals surface area contributed by atoms with E-state index in [4.69, 9.17) is 0 Å². The standard InChI is InChI=1S/C12H12O/c13-10-7-6-9-11(12(9)10)8-4-2-1-3-5-8/h1-5,9,11-12H,6-7H2/t9-,11-,12+/m0/s1. The van der Waals surface area contributed by atoms with E-state index in [1.165, 1.54) is 5.56 Å². The van der Waals surface area contributed by atoms with Crippen molar-refractivity contribution in [2.75, 3.05) is 0 Å². The number of carbonyl (C=O) groups excluding carboxylic acids is 1. The molecule has 0 aromatic heterocycles. The quantitative estimate of drug-likeness (QED) is 0.635. The fraction of sp³-hybridized carbons (Fsp3) is 0.417. The van der Waals surface area contributed by atoms with Gasteiger partial charge in [0.05, 0.1) is 0 Å². The first-order chi connectivity index (χ1) is 6.38. The lowest BCUT2D eigenvalue weighted by Crippen LogP contribution is -1.98. The van der Waals surface area contributed by atoms with Gasteiger partial charge in [-0.3, -0.25) is 4.79 Å². The molecule has 1 nitrogen and oxygen atoms in total. The molecule has 2 aliphatic rings. The molecule has 0 radical (unpaired) electrons. The van der Waals surface area contributed by atoms with Gasteiger partial charge in [-0.2, -0.15) is 0 Å². The smallest absolute Gasteiger partial charge is 0.136 e. The SMILES string of the molecule is O=C1CC[C@@H]2[C@H]1[C@H]2c1ccccc1. The molecule has 0 N–H and O–H groups in total. The molecule has 0 aliphatic heterocycles. The van der Waals surface area contributed by atoms with Crippen molar-refractivity contribution in [2.45, 2.75) is 18.8 Å². The number of ketones is 1. The van der Waals surface area contributed by atoms with E-state index in [1.807, 2.05) is 6.07 Å². The molecule has 3 atom stereocenters. The maximum Gasteiger partial charge on any atom is 0.136 e. The van der Waals surface area contributed by atoms with Crippen LogP contribution >= 0.6 is 0 Å². The molecule has 1 aromatic carbocycles. The number of Topliss-reactive ketones (excluding diaryl/α,β-unsaturated/α-hetero) is 1. The minimum atomic E-state index is 0.391. The number of fused-ring (bicyclic) bond motifs is 1. The molecule has 66 valence electrons. The predicted octanol–water partition coefficient (Wildman–Crippen LogP) is 2.38. The fourth-order valence-electron chi connectivity index (χ4n) is 2.78. The summed E-state index contributed by atoms with van der Waals surface area (Å²) >= 11 is 0. The van der Waals surface area contributed by atoms with Gasteiger partial charge in [-0.15, -0.1) is 0 Å². The minimum Gasteiger partial charge on any atom is -0.299 e. The van der Waals surface area contributed by atoms with Crippen molar-refractivity contribution in [1.29, 1.82) is 0 Å². The lowest BCUT2D eigenvalue weighted by molar-refractivity contribution is -0.119. The molecule has 0 amide bonds. The van der Waals surface area contributed by atoms with E-state index >= 15 is 0 Å². The van der Waals surface area contributed by atoms with Crippen molar-refractivity contribution in [1.82, 2.24) is 0 Å². The van der Waals surface area contributed by atoms with Gasteiger partial charge in [-0.05, 0) is 23.8 Å². The Balaban J connectivity index is 1.88. The molecule has 2 fully saturated rings. The summed E-state index contributed by atoms with van der Waals surface area (Å²) in [5.41, 5.74) is 1.37. The Hall–Kier alpha value is -1.11. The molecule has 2 aliphatic carbocycles. The second kappa shape index (κ2) is 2.44. The van der Waals surface area contributed by atoms with E-state index in [-0.39, 0.29) is 0 Å². The zero-order chi connectivity index (χ0) is 8.84. The molecule has 0 unspecified atom stereocenters. The maximum absolute atomic E-state index is 11.4. The number of rotatable bonds is 1. The molecule has 1 heteroatoms. The summed E-state index contributed by atoms with van der Waals surface area (Å²) in [5.74, 6) is 2.15. The highest BCUT2D eigenvalue weighted by atomic mass is 16.1. The molecule has 2 saturated carbocycles. The van der Waals surface area contributed by atoms with Crippen molar-refractivity contribution in [3.05, 3.63) is 35.9 Å². The average Bonchev–Trinajstić information content (AvgIpc) is 2.80. The van der Waals surface area contributed by atoms with Crippen LogP contribution in [0.4, 0.5) is 0 Å². The predicted molar refractivity (Wildman–Crippen MR) is 50.4 cm³/mol. The summed E-state index contributed by atoms with van der Waals surface area (Å²) in [4.78, 5) is 11.4. The molecule has 0 heterocycles. The van der Waals surface area contributed by atoms with E-state index in [2.05, 4.69) is 24.3 Å². The summed E-state index contributed by atoms with van der Waals surface area (Å²) in [5, 5.41) is 0. The number of hydrogen-bond acceptors (Lipinski definition) is 1. The summed E-state index contributed by atoms with van der Waals surface area (Å²) < 4.78 is 0. The number of carbonyl (C=O) groups is 1. The van der Waals surface area contributed by atoms with Crippen LogP contribution in [-0.4, -0.2) is 5.78 Å². The summed E-state index contributed by atoms with van der Waals surface area (Å²) in [6.07, 6.45) is 1.96. The lowest BCUT2D eigenvalue weighted by atomic mass is 10.0. The topological polar surface area (TPSA) is 17.1 Å². The van der Waals surface area contributed by atoms with Gasteiger partial charge in [-0.1, -0.05) is 30.3 Å². The van der Waals surface area contributed by atoms with Gasteiger partial charge < -0.3 is 0 Å². The van der Waals surface area contributed by atoms with Crippen LogP contribution in [-0.2, 0) is 4.79 Å². The van der Waals surface area contributed by atoms with E-state index in [9.17, 15) is 4.79 Å². The summed E-state index contributed by atoms with van der Waals surface area (Å²) in [7, 11) is 0. The Morgan fingerprint density at radius 3 is 2.46 bits per heavy atom. The van der Waals surface area contributed by atoms with Crippen molar-refractivity contribution < 1.29 is 4.79 Å². The van der Waals surface area contributed by atoms with Crippen LogP contribution in [0.2, 0.25) is 0 Å². The minimum absolute atomic E-state index is 0.391. The fourth-order valence-corrected chi connectivity index (χ4v) is 2.78. The Bertz CT molecular complexity index is 341. The summed E-state index contributed by atoms with van der Waals surface area (Å²) in [6, 6.07) is 10.5. The number of hydrogen-bond donors (Lipinski definition) is 0. The maximum atomic E-state index is 11.4. The van der Waals surface area contributed by atoms with Crippen LogP contribution in [0, 0.1) is 11.8 Å². The van der Waals surface area contributed by atoms with Gasteiger partial charge in [0.2, 0.25) is 0 Å². The van der Waals surface area contributed by atoms with E-state index in [0.717, 1.165) is 12.8 Å². The van der Waals surface area contributed by atoms with Gasteiger partial charge in [0, 0.05) is 12.3 Å². The zero-order valence-electron chi connectivity index (χ0n) is 7.44. The third kappa shape index (κ3) is 0.963. The first kappa shape index (κ1) is 7.31. The molecule has 1 aromatic rings. The van der Waals surface area contributed by atoms with Crippen LogP contribution < -0.4 is 0 Å². The molecular weight excluding hydrogens is 160 g/mol. The van der Waals surface area contributed by atoms with Crippen LogP contribution in [0.5, 0.6) is 0 Å². The average molecular weight is 172 g/mol. The molecule has 0 spiro atoms. The van der Waals surface area contributed by atoms with E-state index in [0.29, 0.717) is 23.5 Å². The first-order valence-electron chi connectivity index (χ1n) is 4.95. The van der Waals surface area contributed by atoms with Crippen LogP contribution in [0.3, 0.4) is 0 Å². The van der Waals surface area contributed by atoms with Gasteiger partial charge in [0.15, 0.2) is 0 Å². The van der Waals surface area contributed by atoms with Crippen LogP contribution in [0.15, 0.2) is 30.3 Å². The summed E-state index contributed by atoms with van der Waals surface area (Å²) in [6.45, 7) is 0.